The first-order chi connectivity index (χ1) is 12.1. The number of carbonyl (C=O) groups is 1. The van der Waals surface area contributed by atoms with Gasteiger partial charge in [-0.3, -0.25) is 4.79 Å². The van der Waals surface area contributed by atoms with Crippen molar-refractivity contribution in [2.75, 3.05) is 13.1 Å². The van der Waals surface area contributed by atoms with Crippen molar-refractivity contribution in [2.45, 2.75) is 45.6 Å². The highest BCUT2D eigenvalue weighted by molar-refractivity contribution is 5.77. The number of hydrogen-bond donors (Lipinski definition) is 1. The van der Waals surface area contributed by atoms with Crippen LogP contribution >= 0.6 is 0 Å². The number of nitrogens with zero attached hydrogens (tertiary/aromatic N) is 1. The van der Waals surface area contributed by atoms with Gasteiger partial charge in [0, 0.05) is 31.8 Å². The van der Waals surface area contributed by atoms with Crippen molar-refractivity contribution < 1.29 is 4.79 Å². The molecule has 1 heterocycles. The molecule has 1 aromatic carbocycles. The molecule has 1 aliphatic heterocycles. The van der Waals surface area contributed by atoms with Crippen LogP contribution < -0.4 is 5.32 Å². The van der Waals surface area contributed by atoms with Crippen molar-refractivity contribution in [3.63, 3.8) is 0 Å². The number of nitrogens with one attached hydrogen (secondary N) is 1. The molecule has 1 saturated heterocycles. The van der Waals surface area contributed by atoms with E-state index >= 15 is 0 Å². The molecule has 3 heteroatoms. The third-order valence-corrected chi connectivity index (χ3v) is 5.03. The minimum Gasteiger partial charge on any atom is -0.385 e. The maximum atomic E-state index is 12.5. The summed E-state index contributed by atoms with van der Waals surface area (Å²) < 4.78 is 0. The van der Waals surface area contributed by atoms with Gasteiger partial charge in [0.05, 0.1) is 0 Å². The van der Waals surface area contributed by atoms with Crippen molar-refractivity contribution in [2.24, 2.45) is 0 Å². The third kappa shape index (κ3) is 4.85. The lowest BCUT2D eigenvalue weighted by Gasteiger charge is -2.32. The van der Waals surface area contributed by atoms with Crippen molar-refractivity contribution in [3.8, 4) is 0 Å². The second-order valence-corrected chi connectivity index (χ2v) is 7.04. The molecule has 0 aromatic heterocycles. The lowest BCUT2D eigenvalue weighted by atomic mass is 9.91. The fraction of sp³-hybridized carbons (Fsp3) is 0.409. The number of amides is 1. The molecule has 0 saturated carbocycles. The summed E-state index contributed by atoms with van der Waals surface area (Å²) >= 11 is 0. The predicted octanol–water partition coefficient (Wildman–Crippen LogP) is 4.26. The molecule has 0 spiro atoms. The molecule has 2 aliphatic rings. The monoisotopic (exact) mass is 336 g/mol. The van der Waals surface area contributed by atoms with Gasteiger partial charge >= 0.3 is 0 Å². The Morgan fingerprint density at radius 2 is 1.84 bits per heavy atom. The summed E-state index contributed by atoms with van der Waals surface area (Å²) in [5, 5.41) is 3.34. The summed E-state index contributed by atoms with van der Waals surface area (Å²) in [4.78, 5) is 14.5. The van der Waals surface area contributed by atoms with Crippen LogP contribution in [0, 0.1) is 6.92 Å². The number of rotatable bonds is 6. The van der Waals surface area contributed by atoms with Gasteiger partial charge in [0.1, 0.15) is 0 Å². The highest BCUT2D eigenvalue weighted by atomic mass is 16.2. The van der Waals surface area contributed by atoms with Gasteiger partial charge in [-0.1, -0.05) is 48.6 Å². The van der Waals surface area contributed by atoms with Gasteiger partial charge in [0.2, 0.25) is 5.91 Å². The minimum absolute atomic E-state index is 0.240. The summed E-state index contributed by atoms with van der Waals surface area (Å²) in [7, 11) is 0. The number of carbonyl (C=O) groups excluding carboxylic acids is 1. The van der Waals surface area contributed by atoms with E-state index in [9.17, 15) is 4.79 Å². The number of piperidine rings is 1. The zero-order valence-electron chi connectivity index (χ0n) is 15.2. The maximum Gasteiger partial charge on any atom is 0.223 e. The Bertz CT molecular complexity index is 697. The SMILES string of the molecule is C=C(CCC(=O)N1CCC2=CCCC=C2C1)NCc1ccc(C)cc1. The van der Waals surface area contributed by atoms with Crippen LogP contribution in [0.25, 0.3) is 0 Å². The summed E-state index contributed by atoms with van der Waals surface area (Å²) in [5.74, 6) is 0.240. The van der Waals surface area contributed by atoms with E-state index in [1.54, 1.807) is 0 Å². The third-order valence-electron chi connectivity index (χ3n) is 5.03. The normalized spacial score (nSPS) is 16.6. The molecule has 1 fully saturated rings. The second-order valence-electron chi connectivity index (χ2n) is 7.04. The Labute approximate surface area is 151 Å². The predicted molar refractivity (Wildman–Crippen MR) is 103 cm³/mol. The van der Waals surface area contributed by atoms with Gasteiger partial charge in [0.15, 0.2) is 0 Å². The molecule has 3 rings (SSSR count). The van der Waals surface area contributed by atoms with Gasteiger partial charge in [0.25, 0.3) is 0 Å². The smallest absolute Gasteiger partial charge is 0.223 e. The van der Waals surface area contributed by atoms with Crippen LogP contribution in [-0.2, 0) is 11.3 Å². The standard InChI is InChI=1S/C22H28N2O/c1-17-7-10-19(11-8-17)15-23-18(2)9-12-22(25)24-14-13-20-5-3-4-6-21(20)16-24/h5-8,10-11,23H,2-4,9,12-16H2,1H3. The number of likely N-dealkylation sites (tertiary alicyclic amines) is 1. The number of hydrogen-bond acceptors (Lipinski definition) is 2. The van der Waals surface area contributed by atoms with E-state index in [0.717, 1.165) is 44.6 Å². The molecule has 132 valence electrons. The van der Waals surface area contributed by atoms with E-state index < -0.39 is 0 Å². The van der Waals surface area contributed by atoms with Crippen LogP contribution in [0.2, 0.25) is 0 Å². The first-order valence-electron chi connectivity index (χ1n) is 9.25. The summed E-state index contributed by atoms with van der Waals surface area (Å²) in [6, 6.07) is 8.47. The molecule has 0 atom stereocenters. The van der Waals surface area contributed by atoms with Crippen molar-refractivity contribution >= 4 is 5.91 Å². The highest BCUT2D eigenvalue weighted by Gasteiger charge is 2.23. The van der Waals surface area contributed by atoms with Crippen LogP contribution in [0.3, 0.4) is 0 Å². The molecular weight excluding hydrogens is 308 g/mol. The van der Waals surface area contributed by atoms with E-state index in [0.29, 0.717) is 12.8 Å². The molecule has 1 N–H and O–H groups in total. The van der Waals surface area contributed by atoms with Crippen LogP contribution in [-0.4, -0.2) is 23.9 Å². The molecule has 1 amide bonds. The number of aryl methyl sites for hydroxylation is 1. The van der Waals surface area contributed by atoms with Crippen LogP contribution in [0.4, 0.5) is 0 Å². The molecule has 25 heavy (non-hydrogen) atoms. The van der Waals surface area contributed by atoms with Gasteiger partial charge in [-0.2, -0.15) is 0 Å². The number of fused-ring (bicyclic) bond motifs is 1. The summed E-state index contributed by atoms with van der Waals surface area (Å²) in [5.41, 5.74) is 6.25. The number of benzene rings is 1. The first kappa shape index (κ1) is 17.5. The van der Waals surface area contributed by atoms with Crippen molar-refractivity contribution in [1.29, 1.82) is 0 Å². The molecular formula is C22H28N2O. The van der Waals surface area contributed by atoms with Gasteiger partial charge in [-0.05, 0) is 49.3 Å². The molecule has 3 nitrogen and oxygen atoms in total. The Hall–Kier alpha value is -2.29. The second kappa shape index (κ2) is 8.19. The average molecular weight is 336 g/mol. The Kier molecular flexibility index (Phi) is 5.75. The van der Waals surface area contributed by atoms with Crippen LogP contribution in [0.1, 0.15) is 43.2 Å². The molecule has 0 unspecified atom stereocenters. The van der Waals surface area contributed by atoms with E-state index in [-0.39, 0.29) is 5.91 Å². The summed E-state index contributed by atoms with van der Waals surface area (Å²) in [6.45, 7) is 8.56. The van der Waals surface area contributed by atoms with E-state index in [1.807, 2.05) is 4.90 Å². The quantitative estimate of drug-likeness (QED) is 0.842. The zero-order chi connectivity index (χ0) is 17.6. The molecule has 0 bridgehead atoms. The average Bonchev–Trinajstić information content (AvgIpc) is 2.65. The molecule has 1 aliphatic carbocycles. The Morgan fingerprint density at radius 1 is 1.12 bits per heavy atom. The zero-order valence-corrected chi connectivity index (χ0v) is 15.2. The lowest BCUT2D eigenvalue weighted by Crippen LogP contribution is -2.38. The molecule has 1 aromatic rings. The maximum absolute atomic E-state index is 12.5. The fourth-order valence-electron chi connectivity index (χ4n) is 3.40. The van der Waals surface area contributed by atoms with Crippen molar-refractivity contribution in [3.05, 3.63) is 71.0 Å². The van der Waals surface area contributed by atoms with Crippen molar-refractivity contribution in [1.82, 2.24) is 10.2 Å². The largest absolute Gasteiger partial charge is 0.385 e. The van der Waals surface area contributed by atoms with E-state index in [1.165, 1.54) is 22.3 Å². The highest BCUT2D eigenvalue weighted by Crippen LogP contribution is 2.27. The minimum atomic E-state index is 0.240. The molecule has 0 radical (unpaired) electrons. The lowest BCUT2D eigenvalue weighted by molar-refractivity contribution is -0.131. The Morgan fingerprint density at radius 3 is 2.60 bits per heavy atom. The van der Waals surface area contributed by atoms with E-state index in [4.69, 9.17) is 0 Å². The topological polar surface area (TPSA) is 32.3 Å². The van der Waals surface area contributed by atoms with Gasteiger partial charge in [-0.25, -0.2) is 0 Å². The van der Waals surface area contributed by atoms with Crippen LogP contribution in [0.5, 0.6) is 0 Å². The Balaban J connectivity index is 1.41. The van der Waals surface area contributed by atoms with Gasteiger partial charge < -0.3 is 10.2 Å². The van der Waals surface area contributed by atoms with Gasteiger partial charge in [-0.15, -0.1) is 0 Å². The fourth-order valence-corrected chi connectivity index (χ4v) is 3.40. The van der Waals surface area contributed by atoms with Crippen LogP contribution in [0.15, 0.2) is 59.8 Å². The first-order valence-corrected chi connectivity index (χ1v) is 9.25. The van der Waals surface area contributed by atoms with E-state index in [2.05, 4.69) is 55.2 Å². The number of allylic oxidation sites excluding steroid dienone is 3. The summed E-state index contributed by atoms with van der Waals surface area (Å²) in [6.07, 6.45) is 9.14.